The second kappa shape index (κ2) is 38.7. The summed E-state index contributed by atoms with van der Waals surface area (Å²) < 4.78 is 23.5. The summed E-state index contributed by atoms with van der Waals surface area (Å²) in [5.41, 5.74) is 0. The average Bonchev–Trinajstić information content (AvgIpc) is 3.16. The lowest BCUT2D eigenvalue weighted by Crippen LogP contribution is -2.45. The monoisotopic (exact) mass is 814 g/mol. The Morgan fingerprint density at radius 1 is 0.614 bits per heavy atom. The first-order chi connectivity index (χ1) is 27.5. The fourth-order valence-corrected chi connectivity index (χ4v) is 6.01. The van der Waals surface area contributed by atoms with E-state index in [0.717, 1.165) is 70.6 Å². The maximum absolute atomic E-state index is 12.8. The van der Waals surface area contributed by atoms with Gasteiger partial charge >= 0.3 is 7.82 Å². The van der Waals surface area contributed by atoms with Crippen LogP contribution in [0, 0.1) is 0 Å². The van der Waals surface area contributed by atoms with E-state index in [4.69, 9.17) is 9.05 Å². The zero-order chi connectivity index (χ0) is 42.1. The molecule has 0 aliphatic heterocycles. The number of amides is 1. The van der Waals surface area contributed by atoms with Crippen molar-refractivity contribution < 1.29 is 32.9 Å². The highest BCUT2D eigenvalue weighted by Gasteiger charge is 2.27. The lowest BCUT2D eigenvalue weighted by Gasteiger charge is -2.25. The van der Waals surface area contributed by atoms with Crippen LogP contribution >= 0.6 is 7.82 Å². The number of rotatable bonds is 37. The minimum absolute atomic E-state index is 0.0384. The van der Waals surface area contributed by atoms with E-state index < -0.39 is 20.0 Å². The van der Waals surface area contributed by atoms with Crippen LogP contribution in [0.4, 0.5) is 0 Å². The third-order valence-corrected chi connectivity index (χ3v) is 9.71. The molecule has 0 bridgehead atoms. The minimum Gasteiger partial charge on any atom is -0.387 e. The lowest BCUT2D eigenvalue weighted by molar-refractivity contribution is -0.870. The topological polar surface area (TPSA) is 105 Å². The van der Waals surface area contributed by atoms with Crippen LogP contribution in [0.1, 0.15) is 136 Å². The molecule has 3 unspecified atom stereocenters. The number of carbonyl (C=O) groups is 1. The van der Waals surface area contributed by atoms with Crippen LogP contribution < -0.4 is 5.32 Å². The number of hydrogen-bond acceptors (Lipinski definition) is 5. The Hall–Kier alpha value is -2.84. The van der Waals surface area contributed by atoms with Gasteiger partial charge in [0.1, 0.15) is 13.2 Å². The molecule has 0 spiro atoms. The molecule has 0 fully saturated rings. The summed E-state index contributed by atoms with van der Waals surface area (Å²) in [6.45, 7) is 4.57. The zero-order valence-corrected chi connectivity index (χ0v) is 37.4. The van der Waals surface area contributed by atoms with Gasteiger partial charge in [0.05, 0.1) is 39.9 Å². The van der Waals surface area contributed by atoms with Crippen LogP contribution in [-0.4, -0.2) is 73.4 Å². The van der Waals surface area contributed by atoms with Crippen molar-refractivity contribution in [3.05, 3.63) is 109 Å². The quantitative estimate of drug-likeness (QED) is 0.0250. The van der Waals surface area contributed by atoms with Gasteiger partial charge in [-0.15, -0.1) is 0 Å². The molecular weight excluding hydrogens is 732 g/mol. The molecule has 0 aromatic rings. The minimum atomic E-state index is -4.37. The summed E-state index contributed by atoms with van der Waals surface area (Å²) in [6, 6.07) is -0.900. The van der Waals surface area contributed by atoms with Gasteiger partial charge in [0.2, 0.25) is 5.91 Å². The molecular formula is C48H82N2O6P+. The van der Waals surface area contributed by atoms with Gasteiger partial charge in [0, 0.05) is 6.42 Å². The smallest absolute Gasteiger partial charge is 0.387 e. The van der Waals surface area contributed by atoms with E-state index in [0.29, 0.717) is 17.4 Å². The molecule has 0 rings (SSSR count). The van der Waals surface area contributed by atoms with Gasteiger partial charge in [-0.05, 0) is 83.5 Å². The average molecular weight is 814 g/mol. The Morgan fingerprint density at radius 3 is 1.61 bits per heavy atom. The molecule has 9 heteroatoms. The number of nitrogens with one attached hydrogen (secondary N) is 1. The molecule has 1 amide bonds. The number of nitrogens with zero attached hydrogens (tertiary/aromatic N) is 1. The van der Waals surface area contributed by atoms with Crippen molar-refractivity contribution in [3.8, 4) is 0 Å². The van der Waals surface area contributed by atoms with E-state index in [9.17, 15) is 19.4 Å². The standard InChI is InChI=1S/C48H81N2O6P/c1-6-8-10-12-14-16-18-20-21-22-23-24-25-26-27-28-29-30-32-34-36-38-40-42-48(52)49-46(45-56-57(53,54)55-44-43-50(3,4)5)47(51)41-39-37-35-33-31-19-17-15-13-11-9-7-2/h8,10,14,16,20-21,23-24,26-27,29-31,33-34,36,39,41,46-47,51H,6-7,9,11-13,15,17-19,22,25,28,32,35,37-38,40,42-45H2,1-5H3,(H-,49,52,53,54)/p+1/b10-8-,16-14-,21-20-,24-23-,27-26-,30-29-,33-31+,36-34-,41-39+. The second-order valence-electron chi connectivity index (χ2n) is 15.3. The van der Waals surface area contributed by atoms with Crippen LogP contribution in [0.2, 0.25) is 0 Å². The zero-order valence-electron chi connectivity index (χ0n) is 36.5. The summed E-state index contributed by atoms with van der Waals surface area (Å²) in [7, 11) is 1.49. The number of allylic oxidation sites excluding steroid dienone is 17. The maximum Gasteiger partial charge on any atom is 0.472 e. The van der Waals surface area contributed by atoms with Crippen molar-refractivity contribution in [2.24, 2.45) is 0 Å². The van der Waals surface area contributed by atoms with Crippen molar-refractivity contribution >= 4 is 13.7 Å². The third kappa shape index (κ3) is 41.1. The van der Waals surface area contributed by atoms with Crippen molar-refractivity contribution in [1.29, 1.82) is 0 Å². The molecule has 0 aliphatic rings. The number of phosphoric ester groups is 1. The van der Waals surface area contributed by atoms with E-state index in [1.807, 2.05) is 27.2 Å². The van der Waals surface area contributed by atoms with E-state index in [-0.39, 0.29) is 25.5 Å². The molecule has 0 aliphatic carbocycles. The van der Waals surface area contributed by atoms with E-state index >= 15 is 0 Å². The number of aliphatic hydroxyl groups is 1. The van der Waals surface area contributed by atoms with Crippen molar-refractivity contribution in [3.63, 3.8) is 0 Å². The van der Waals surface area contributed by atoms with E-state index in [1.165, 1.54) is 38.5 Å². The molecule has 3 atom stereocenters. The summed E-state index contributed by atoms with van der Waals surface area (Å²) in [5, 5.41) is 13.7. The largest absolute Gasteiger partial charge is 0.472 e. The molecule has 0 heterocycles. The second-order valence-corrected chi connectivity index (χ2v) is 16.8. The number of carbonyl (C=O) groups excluding carboxylic acids is 1. The number of likely N-dealkylation sites (N-methyl/N-ethyl adjacent to an activating group) is 1. The highest BCUT2D eigenvalue weighted by atomic mass is 31.2. The number of quaternary nitrogens is 1. The SMILES string of the molecule is CC/C=C\C/C=C\C/C=C\C/C=C\C/C=C\C/C=C\C/C=C\CCCC(=O)NC(COP(=O)(O)OCC[N+](C)(C)C)C(O)/C=C/CC/C=C/CCCCCCCC. The molecule has 0 saturated heterocycles. The van der Waals surface area contributed by atoms with Gasteiger partial charge in [-0.3, -0.25) is 13.8 Å². The Kier molecular flexibility index (Phi) is 36.7. The molecule has 8 nitrogen and oxygen atoms in total. The van der Waals surface area contributed by atoms with E-state index in [2.05, 4.69) is 116 Å². The maximum atomic E-state index is 12.8. The van der Waals surface area contributed by atoms with Gasteiger partial charge < -0.3 is 19.8 Å². The van der Waals surface area contributed by atoms with E-state index in [1.54, 1.807) is 6.08 Å². The van der Waals surface area contributed by atoms with Crippen LogP contribution in [0.25, 0.3) is 0 Å². The molecule has 3 N–H and O–H groups in total. The fourth-order valence-electron chi connectivity index (χ4n) is 5.28. The van der Waals surface area contributed by atoms with Gasteiger partial charge in [-0.2, -0.15) is 0 Å². The first-order valence-electron chi connectivity index (χ1n) is 21.8. The molecule has 0 radical (unpaired) electrons. The Labute approximate surface area is 349 Å². The first-order valence-corrected chi connectivity index (χ1v) is 23.3. The van der Waals surface area contributed by atoms with Crippen LogP contribution in [0.15, 0.2) is 109 Å². The van der Waals surface area contributed by atoms with Crippen molar-refractivity contribution in [2.45, 2.75) is 148 Å². The highest BCUT2D eigenvalue weighted by Crippen LogP contribution is 2.43. The number of unbranched alkanes of at least 4 members (excludes halogenated alkanes) is 8. The number of hydrogen-bond donors (Lipinski definition) is 3. The molecule has 0 aromatic heterocycles. The summed E-state index contributed by atoms with van der Waals surface area (Å²) in [4.78, 5) is 23.1. The number of aliphatic hydroxyl groups excluding tert-OH is 1. The summed E-state index contributed by atoms with van der Waals surface area (Å²) >= 11 is 0. The van der Waals surface area contributed by atoms with Crippen molar-refractivity contribution in [2.75, 3.05) is 40.9 Å². The van der Waals surface area contributed by atoms with Gasteiger partial charge in [-0.1, -0.05) is 155 Å². The summed E-state index contributed by atoms with van der Waals surface area (Å²) in [6.07, 6.45) is 56.0. The van der Waals surface area contributed by atoms with Gasteiger partial charge in [0.25, 0.3) is 0 Å². The third-order valence-electron chi connectivity index (χ3n) is 8.73. The Morgan fingerprint density at radius 2 is 1.07 bits per heavy atom. The highest BCUT2D eigenvalue weighted by molar-refractivity contribution is 7.47. The molecule has 0 aromatic carbocycles. The Bertz CT molecular complexity index is 1290. The summed E-state index contributed by atoms with van der Waals surface area (Å²) in [5.74, 6) is -0.252. The van der Waals surface area contributed by atoms with Crippen LogP contribution in [0.5, 0.6) is 0 Å². The normalized spacial score (nSPS) is 15.4. The number of phosphoric acid groups is 1. The van der Waals surface area contributed by atoms with Crippen LogP contribution in [0.3, 0.4) is 0 Å². The van der Waals surface area contributed by atoms with Crippen LogP contribution in [-0.2, 0) is 18.4 Å². The van der Waals surface area contributed by atoms with Gasteiger partial charge in [-0.25, -0.2) is 4.57 Å². The first kappa shape index (κ1) is 54.2. The van der Waals surface area contributed by atoms with Crippen molar-refractivity contribution in [1.82, 2.24) is 5.32 Å². The molecule has 57 heavy (non-hydrogen) atoms. The predicted octanol–water partition coefficient (Wildman–Crippen LogP) is 12.1. The molecule has 0 saturated carbocycles. The Balaban J connectivity index is 4.57. The predicted molar refractivity (Wildman–Crippen MR) is 244 cm³/mol. The fraction of sp³-hybridized carbons (Fsp3) is 0.604. The molecule has 324 valence electrons. The lowest BCUT2D eigenvalue weighted by atomic mass is 10.1. The van der Waals surface area contributed by atoms with Gasteiger partial charge in [0.15, 0.2) is 0 Å².